The van der Waals surface area contributed by atoms with Crippen molar-refractivity contribution in [3.63, 3.8) is 0 Å². The van der Waals surface area contributed by atoms with Crippen molar-refractivity contribution >= 4 is 9.28 Å². The van der Waals surface area contributed by atoms with Crippen molar-refractivity contribution in [2.24, 2.45) is 0 Å². The molecular formula is C6H13F3O2Si. The number of halogens is 3. The third-order valence-electron chi connectivity index (χ3n) is 1.48. The van der Waals surface area contributed by atoms with Crippen LogP contribution in [-0.4, -0.2) is 36.1 Å². The van der Waals surface area contributed by atoms with Crippen molar-refractivity contribution < 1.29 is 22.0 Å². The molecule has 6 heteroatoms. The highest BCUT2D eigenvalue weighted by Crippen LogP contribution is 2.13. The standard InChI is InChI=1S/C6H13F3O2Si/c1-10-12(11-2)4-3-5(7)6(8)9/h5-6,12H,3-4H2,1-2H3. The molecule has 0 aliphatic rings. The Morgan fingerprint density at radius 3 is 2.00 bits per heavy atom. The van der Waals surface area contributed by atoms with E-state index in [0.717, 1.165) is 0 Å². The van der Waals surface area contributed by atoms with Crippen LogP contribution in [0.15, 0.2) is 0 Å². The first-order valence-electron chi connectivity index (χ1n) is 3.59. The average Bonchev–Trinajstić information content (AvgIpc) is 2.05. The summed E-state index contributed by atoms with van der Waals surface area (Å²) in [5.41, 5.74) is 0. The van der Waals surface area contributed by atoms with Gasteiger partial charge in [0.15, 0.2) is 6.17 Å². The first-order valence-corrected chi connectivity index (χ1v) is 5.35. The second-order valence-electron chi connectivity index (χ2n) is 2.33. The molecule has 2 nitrogen and oxygen atoms in total. The van der Waals surface area contributed by atoms with Crippen molar-refractivity contribution in [3.8, 4) is 0 Å². The molecular weight excluding hydrogens is 189 g/mol. The van der Waals surface area contributed by atoms with E-state index in [2.05, 4.69) is 0 Å². The Morgan fingerprint density at radius 2 is 1.67 bits per heavy atom. The highest BCUT2D eigenvalue weighted by molar-refractivity contribution is 6.44. The molecule has 1 atom stereocenters. The van der Waals surface area contributed by atoms with Crippen LogP contribution in [0.3, 0.4) is 0 Å². The van der Waals surface area contributed by atoms with E-state index in [-0.39, 0.29) is 12.5 Å². The summed E-state index contributed by atoms with van der Waals surface area (Å²) < 4.78 is 45.3. The molecule has 0 bridgehead atoms. The Morgan fingerprint density at radius 1 is 1.17 bits per heavy atom. The van der Waals surface area contributed by atoms with Crippen LogP contribution in [0.1, 0.15) is 6.42 Å². The lowest BCUT2D eigenvalue weighted by Crippen LogP contribution is -2.22. The predicted octanol–water partition coefficient (Wildman–Crippen LogP) is 1.49. The number of hydrogen-bond donors (Lipinski definition) is 0. The number of alkyl halides is 3. The summed E-state index contributed by atoms with van der Waals surface area (Å²) in [6.45, 7) is 0. The molecule has 0 aliphatic carbocycles. The van der Waals surface area contributed by atoms with Gasteiger partial charge in [-0.15, -0.1) is 0 Å². The van der Waals surface area contributed by atoms with Crippen LogP contribution < -0.4 is 0 Å². The second kappa shape index (κ2) is 6.44. The molecule has 0 saturated carbocycles. The van der Waals surface area contributed by atoms with Crippen molar-refractivity contribution in [1.29, 1.82) is 0 Å². The topological polar surface area (TPSA) is 18.5 Å². The van der Waals surface area contributed by atoms with E-state index in [0.29, 0.717) is 0 Å². The van der Waals surface area contributed by atoms with Gasteiger partial charge in [-0.05, 0) is 12.5 Å². The normalized spacial score (nSPS) is 14.2. The lowest BCUT2D eigenvalue weighted by atomic mass is 10.3. The van der Waals surface area contributed by atoms with Gasteiger partial charge in [-0.25, -0.2) is 13.2 Å². The number of rotatable bonds is 6. The maximum atomic E-state index is 12.3. The molecule has 0 aliphatic heterocycles. The summed E-state index contributed by atoms with van der Waals surface area (Å²) in [6, 6.07) is 0.276. The minimum Gasteiger partial charge on any atom is -0.400 e. The second-order valence-corrected chi connectivity index (χ2v) is 4.71. The van der Waals surface area contributed by atoms with Crippen LogP contribution >= 0.6 is 0 Å². The zero-order chi connectivity index (χ0) is 9.56. The minimum atomic E-state index is -2.90. The Kier molecular flexibility index (Phi) is 6.40. The summed E-state index contributed by atoms with van der Waals surface area (Å²) in [5.74, 6) is 0. The molecule has 0 heterocycles. The SMILES string of the molecule is CO[SiH](CCC(F)C(F)F)OC. The molecule has 12 heavy (non-hydrogen) atoms. The van der Waals surface area contributed by atoms with E-state index >= 15 is 0 Å². The largest absolute Gasteiger partial charge is 0.400 e. The van der Waals surface area contributed by atoms with E-state index in [1.807, 2.05) is 0 Å². The lowest BCUT2D eigenvalue weighted by Gasteiger charge is -2.12. The molecule has 0 radical (unpaired) electrons. The predicted molar refractivity (Wildman–Crippen MR) is 41.5 cm³/mol. The van der Waals surface area contributed by atoms with Gasteiger partial charge in [-0.2, -0.15) is 0 Å². The fourth-order valence-electron chi connectivity index (χ4n) is 0.753. The highest BCUT2D eigenvalue weighted by atomic mass is 28.3. The molecule has 0 saturated heterocycles. The van der Waals surface area contributed by atoms with Crippen LogP contribution in [0.4, 0.5) is 13.2 Å². The minimum absolute atomic E-state index is 0.184. The molecule has 0 fully saturated rings. The van der Waals surface area contributed by atoms with Gasteiger partial charge in [0.05, 0.1) is 0 Å². The van der Waals surface area contributed by atoms with Gasteiger partial charge in [0.25, 0.3) is 6.43 Å². The van der Waals surface area contributed by atoms with Crippen LogP contribution in [0, 0.1) is 0 Å². The van der Waals surface area contributed by atoms with E-state index in [1.54, 1.807) is 0 Å². The van der Waals surface area contributed by atoms with Gasteiger partial charge in [0.2, 0.25) is 0 Å². The van der Waals surface area contributed by atoms with Crippen molar-refractivity contribution in [2.45, 2.75) is 25.1 Å². The van der Waals surface area contributed by atoms with Crippen LogP contribution in [-0.2, 0) is 8.85 Å². The fourth-order valence-corrected chi connectivity index (χ4v) is 2.01. The first kappa shape index (κ1) is 11.9. The summed E-state index contributed by atoms with van der Waals surface area (Å²) >= 11 is 0. The molecule has 0 N–H and O–H groups in total. The summed E-state index contributed by atoms with van der Waals surface area (Å²) in [6.07, 6.45) is -5.13. The Bertz CT molecular complexity index is 109. The molecule has 74 valence electrons. The molecule has 0 aromatic carbocycles. The molecule has 0 rings (SSSR count). The summed E-state index contributed by atoms with van der Waals surface area (Å²) in [7, 11) is 1.02. The van der Waals surface area contributed by atoms with Gasteiger partial charge in [-0.1, -0.05) is 0 Å². The van der Waals surface area contributed by atoms with E-state index < -0.39 is 21.9 Å². The molecule has 0 aromatic heterocycles. The molecule has 0 spiro atoms. The van der Waals surface area contributed by atoms with Crippen molar-refractivity contribution in [2.75, 3.05) is 14.2 Å². The Hall–Kier alpha value is -0.0731. The molecule has 0 aromatic rings. The van der Waals surface area contributed by atoms with Gasteiger partial charge in [0.1, 0.15) is 0 Å². The lowest BCUT2D eigenvalue weighted by molar-refractivity contribution is 0.0470. The maximum Gasteiger partial charge on any atom is 0.320 e. The molecule has 1 unspecified atom stereocenters. The monoisotopic (exact) mass is 202 g/mol. The number of hydrogen-bond acceptors (Lipinski definition) is 2. The van der Waals surface area contributed by atoms with Crippen molar-refractivity contribution in [1.82, 2.24) is 0 Å². The smallest absolute Gasteiger partial charge is 0.320 e. The highest BCUT2D eigenvalue weighted by Gasteiger charge is 2.21. The molecule has 0 amide bonds. The van der Waals surface area contributed by atoms with Crippen LogP contribution in [0.5, 0.6) is 0 Å². The zero-order valence-corrected chi connectivity index (χ0v) is 8.25. The average molecular weight is 202 g/mol. The summed E-state index contributed by atoms with van der Waals surface area (Å²) in [4.78, 5) is 0. The van der Waals surface area contributed by atoms with Gasteiger partial charge in [-0.3, -0.25) is 0 Å². The third-order valence-corrected chi connectivity index (χ3v) is 3.33. The van der Waals surface area contributed by atoms with Gasteiger partial charge < -0.3 is 8.85 Å². The van der Waals surface area contributed by atoms with Crippen LogP contribution in [0.25, 0.3) is 0 Å². The third kappa shape index (κ3) is 4.73. The van der Waals surface area contributed by atoms with Crippen molar-refractivity contribution in [3.05, 3.63) is 0 Å². The quantitative estimate of drug-likeness (QED) is 0.608. The van der Waals surface area contributed by atoms with E-state index in [4.69, 9.17) is 8.85 Å². The van der Waals surface area contributed by atoms with E-state index in [1.165, 1.54) is 14.2 Å². The fraction of sp³-hybridized carbons (Fsp3) is 1.00. The van der Waals surface area contributed by atoms with Gasteiger partial charge in [0, 0.05) is 14.2 Å². The van der Waals surface area contributed by atoms with Crippen LogP contribution in [0.2, 0.25) is 6.04 Å². The maximum absolute atomic E-state index is 12.3. The summed E-state index contributed by atoms with van der Waals surface area (Å²) in [5, 5.41) is 0. The van der Waals surface area contributed by atoms with Gasteiger partial charge >= 0.3 is 9.28 Å². The Balaban J connectivity index is 3.51. The zero-order valence-electron chi connectivity index (χ0n) is 7.10. The van der Waals surface area contributed by atoms with E-state index in [9.17, 15) is 13.2 Å². The first-order chi connectivity index (χ1) is 5.61. The Labute approximate surface area is 71.5 Å².